The summed E-state index contributed by atoms with van der Waals surface area (Å²) < 4.78 is 52.9. The van der Waals surface area contributed by atoms with Gasteiger partial charge in [-0.2, -0.15) is 0 Å². The van der Waals surface area contributed by atoms with Gasteiger partial charge in [-0.25, -0.2) is 26.8 Å². The zero-order valence-corrected chi connectivity index (χ0v) is 19.1. The van der Waals surface area contributed by atoms with Crippen molar-refractivity contribution >= 4 is 52.6 Å². The van der Waals surface area contributed by atoms with Gasteiger partial charge in [-0.15, -0.1) is 0 Å². The third kappa shape index (κ3) is 2.18. The molecule has 11 heteroatoms. The summed E-state index contributed by atoms with van der Waals surface area (Å²) in [5.74, 6) is 0. The highest BCUT2D eigenvalue weighted by Crippen LogP contribution is 2.47. The second-order valence-corrected chi connectivity index (χ2v) is 12.2. The molecule has 0 fully saturated rings. The van der Waals surface area contributed by atoms with Gasteiger partial charge < -0.3 is 4.98 Å². The van der Waals surface area contributed by atoms with Gasteiger partial charge in [-0.1, -0.05) is 18.2 Å². The average molecular weight is 498 g/mol. The minimum Gasteiger partial charge on any atom is -0.351 e. The van der Waals surface area contributed by atoms with Gasteiger partial charge in [0.1, 0.15) is 20.8 Å². The van der Waals surface area contributed by atoms with E-state index in [4.69, 9.17) is 0 Å². The van der Waals surface area contributed by atoms with Crippen LogP contribution in [0.5, 0.6) is 0 Å². The first kappa shape index (κ1) is 19.1. The molecular formula is C24H11N5O4S2. The third-order valence-corrected chi connectivity index (χ3v) is 10.1. The molecule has 7 heterocycles. The van der Waals surface area contributed by atoms with Crippen molar-refractivity contribution in [1.82, 2.24) is 24.9 Å². The molecule has 8 rings (SSSR count). The maximum atomic E-state index is 13.4. The van der Waals surface area contributed by atoms with Crippen molar-refractivity contribution in [1.29, 1.82) is 0 Å². The molecule has 0 aliphatic carbocycles. The smallest absolute Gasteiger partial charge is 0.226 e. The molecule has 1 N–H and O–H groups in total. The van der Waals surface area contributed by atoms with E-state index < -0.39 is 19.7 Å². The highest BCUT2D eigenvalue weighted by atomic mass is 32.2. The van der Waals surface area contributed by atoms with Gasteiger partial charge in [0.15, 0.2) is 5.03 Å². The van der Waals surface area contributed by atoms with Gasteiger partial charge in [-0.05, 0) is 30.3 Å². The fourth-order valence-electron chi connectivity index (χ4n) is 5.03. The lowest BCUT2D eigenvalue weighted by Gasteiger charge is -2.01. The Bertz CT molecular complexity index is 2200. The molecular weight excluding hydrogens is 486 g/mol. The monoisotopic (exact) mass is 497 g/mol. The Morgan fingerprint density at radius 3 is 2.49 bits per heavy atom. The van der Waals surface area contributed by atoms with E-state index in [0.29, 0.717) is 50.1 Å². The van der Waals surface area contributed by atoms with E-state index >= 15 is 0 Å². The molecule has 0 amide bonds. The predicted octanol–water partition coefficient (Wildman–Crippen LogP) is 3.68. The molecule has 9 nitrogen and oxygen atoms in total. The molecule has 2 aliphatic rings. The highest BCUT2D eigenvalue weighted by molar-refractivity contribution is 7.92. The van der Waals surface area contributed by atoms with Gasteiger partial charge in [0.2, 0.25) is 19.7 Å². The molecule has 1 aromatic carbocycles. The van der Waals surface area contributed by atoms with Crippen LogP contribution in [0.2, 0.25) is 0 Å². The van der Waals surface area contributed by atoms with Gasteiger partial charge in [0.25, 0.3) is 0 Å². The maximum absolute atomic E-state index is 13.4. The van der Waals surface area contributed by atoms with Crippen LogP contribution in [0.1, 0.15) is 0 Å². The molecule has 0 unspecified atom stereocenters. The summed E-state index contributed by atoms with van der Waals surface area (Å²) in [6.45, 7) is 0. The van der Waals surface area contributed by atoms with Crippen molar-refractivity contribution in [2.24, 2.45) is 0 Å². The number of aromatic nitrogens is 5. The summed E-state index contributed by atoms with van der Waals surface area (Å²) in [6.07, 6.45) is 2.82. The molecule has 0 saturated carbocycles. The van der Waals surface area contributed by atoms with Crippen LogP contribution in [-0.4, -0.2) is 41.8 Å². The van der Waals surface area contributed by atoms with Crippen LogP contribution >= 0.6 is 0 Å². The lowest BCUT2D eigenvalue weighted by atomic mass is 10.1. The predicted molar refractivity (Wildman–Crippen MR) is 126 cm³/mol. The quantitative estimate of drug-likeness (QED) is 0.335. The number of H-pyrrole nitrogens is 1. The number of pyridine rings is 4. The van der Waals surface area contributed by atoms with E-state index in [1.807, 2.05) is 24.3 Å². The SMILES string of the molecule is O=S1(=O)c2cccnc2-c2c1cnc1c2[nH]c2cc3c(nc21)S(=O)(=O)c1cc2ccccc2nc1-3. The summed E-state index contributed by atoms with van der Waals surface area (Å²) in [4.78, 5) is 21.4. The number of nitrogens with zero attached hydrogens (tertiary/aromatic N) is 4. The van der Waals surface area contributed by atoms with Gasteiger partial charge in [0.05, 0.1) is 32.8 Å². The molecule has 0 bridgehead atoms. The first-order valence-electron chi connectivity index (χ1n) is 10.6. The lowest BCUT2D eigenvalue weighted by Crippen LogP contribution is -2.00. The van der Waals surface area contributed by atoms with Gasteiger partial charge in [-0.3, -0.25) is 9.97 Å². The second-order valence-electron chi connectivity index (χ2n) is 8.47. The summed E-state index contributed by atoms with van der Waals surface area (Å²) >= 11 is 0. The standard InChI is InChI=1S/C24H11N5O4S2/c30-34(31)15-6-3-7-25-21(15)18-17(34)10-26-23-20-14(28-22(18)23)9-12-19-16(35(32,33)24(12)29-20)8-11-4-1-2-5-13(11)27-19/h1-10,28H. The fraction of sp³-hybridized carbons (Fsp3) is 0. The summed E-state index contributed by atoms with van der Waals surface area (Å²) in [5.41, 5.74) is 3.85. The summed E-state index contributed by atoms with van der Waals surface area (Å²) in [6, 6.07) is 13.7. The molecule has 0 saturated heterocycles. The number of nitrogens with one attached hydrogen (secondary N) is 1. The van der Waals surface area contributed by atoms with Gasteiger partial charge >= 0.3 is 0 Å². The van der Waals surface area contributed by atoms with Gasteiger partial charge in [0, 0.05) is 28.9 Å². The first-order valence-corrected chi connectivity index (χ1v) is 13.5. The molecule has 0 atom stereocenters. The van der Waals surface area contributed by atoms with E-state index in [-0.39, 0.29) is 19.7 Å². The van der Waals surface area contributed by atoms with Crippen LogP contribution in [0.3, 0.4) is 0 Å². The number of benzene rings is 1. The first-order chi connectivity index (χ1) is 16.9. The average Bonchev–Trinajstić information content (AvgIpc) is 3.41. The van der Waals surface area contributed by atoms with Crippen LogP contribution in [-0.2, 0) is 19.7 Å². The van der Waals surface area contributed by atoms with Crippen molar-refractivity contribution < 1.29 is 16.8 Å². The van der Waals surface area contributed by atoms with Crippen molar-refractivity contribution in [2.45, 2.75) is 19.7 Å². The van der Waals surface area contributed by atoms with Crippen molar-refractivity contribution in [2.75, 3.05) is 0 Å². The van der Waals surface area contributed by atoms with E-state index in [9.17, 15) is 16.8 Å². The highest BCUT2D eigenvalue weighted by Gasteiger charge is 2.39. The van der Waals surface area contributed by atoms with Crippen LogP contribution in [0.15, 0.2) is 80.6 Å². The topological polar surface area (TPSA) is 136 Å². The lowest BCUT2D eigenvalue weighted by molar-refractivity contribution is 0.595. The van der Waals surface area contributed by atoms with E-state index in [1.165, 1.54) is 18.5 Å². The Morgan fingerprint density at radius 2 is 1.60 bits per heavy atom. The summed E-state index contributed by atoms with van der Waals surface area (Å²) in [7, 11) is -7.65. The molecule has 35 heavy (non-hydrogen) atoms. The van der Waals surface area contributed by atoms with Crippen LogP contribution in [0.4, 0.5) is 0 Å². The zero-order chi connectivity index (χ0) is 23.7. The molecule has 5 aromatic heterocycles. The molecule has 168 valence electrons. The van der Waals surface area contributed by atoms with Crippen LogP contribution in [0.25, 0.3) is 55.5 Å². The van der Waals surface area contributed by atoms with Crippen molar-refractivity contribution in [3.8, 4) is 22.5 Å². The molecule has 6 aromatic rings. The largest absolute Gasteiger partial charge is 0.351 e. The van der Waals surface area contributed by atoms with E-state index in [1.54, 1.807) is 18.2 Å². The third-order valence-electron chi connectivity index (χ3n) is 6.59. The van der Waals surface area contributed by atoms with Crippen LogP contribution < -0.4 is 0 Å². The number of rotatable bonds is 0. The van der Waals surface area contributed by atoms with Crippen molar-refractivity contribution in [3.05, 3.63) is 60.9 Å². The Balaban J connectivity index is 1.48. The number of hydrogen-bond acceptors (Lipinski definition) is 8. The number of fused-ring (bicyclic) bond motifs is 11. The Hall–Kier alpha value is -4.22. The Morgan fingerprint density at radius 1 is 0.743 bits per heavy atom. The molecule has 2 aliphatic heterocycles. The number of sulfone groups is 2. The Kier molecular flexibility index (Phi) is 3.21. The number of para-hydroxylation sites is 1. The van der Waals surface area contributed by atoms with Crippen LogP contribution in [0, 0.1) is 0 Å². The zero-order valence-electron chi connectivity index (χ0n) is 17.5. The maximum Gasteiger partial charge on any atom is 0.226 e. The fourth-order valence-corrected chi connectivity index (χ4v) is 8.15. The minimum atomic E-state index is -3.90. The van der Waals surface area contributed by atoms with Crippen molar-refractivity contribution in [3.63, 3.8) is 0 Å². The second kappa shape index (κ2) is 5.88. The minimum absolute atomic E-state index is 0.0592. The number of aromatic amines is 1. The summed E-state index contributed by atoms with van der Waals surface area (Å²) in [5, 5.41) is 0.639. The normalized spacial score (nSPS) is 16.3. The van der Waals surface area contributed by atoms with E-state index in [2.05, 4.69) is 24.9 Å². The molecule has 0 spiro atoms. The Labute approximate surface area is 197 Å². The molecule has 0 radical (unpaired) electrons. The number of hydrogen-bond donors (Lipinski definition) is 1. The van der Waals surface area contributed by atoms with E-state index in [0.717, 1.165) is 5.39 Å².